The molecule has 0 fully saturated rings. The highest BCUT2D eigenvalue weighted by Crippen LogP contribution is 2.30. The summed E-state index contributed by atoms with van der Waals surface area (Å²) in [6.45, 7) is 1.62. The number of hydrogen-bond donors (Lipinski definition) is 1. The SMILES string of the molecule is COC(=O)c1scc(C)c1S(=O)(=O)Nc1ncccc1Br. The molecule has 0 amide bonds. The van der Waals surface area contributed by atoms with Crippen molar-refractivity contribution in [3.63, 3.8) is 0 Å². The lowest BCUT2D eigenvalue weighted by atomic mass is 10.3. The van der Waals surface area contributed by atoms with E-state index in [-0.39, 0.29) is 15.6 Å². The summed E-state index contributed by atoms with van der Waals surface area (Å²) >= 11 is 4.24. The molecule has 0 spiro atoms. The molecule has 6 nitrogen and oxygen atoms in total. The van der Waals surface area contributed by atoms with Crippen molar-refractivity contribution in [3.8, 4) is 0 Å². The maximum atomic E-state index is 12.5. The fourth-order valence-corrected chi connectivity index (χ4v) is 4.86. The molecule has 0 aliphatic carbocycles. The minimum absolute atomic E-state index is 0.0366. The van der Waals surface area contributed by atoms with E-state index >= 15 is 0 Å². The van der Waals surface area contributed by atoms with Gasteiger partial charge in [-0.15, -0.1) is 11.3 Å². The van der Waals surface area contributed by atoms with Gasteiger partial charge in [0.1, 0.15) is 9.77 Å². The van der Waals surface area contributed by atoms with E-state index in [0.29, 0.717) is 10.0 Å². The molecule has 0 radical (unpaired) electrons. The fraction of sp³-hybridized carbons (Fsp3) is 0.167. The number of carbonyl (C=O) groups is 1. The Kier molecular flexibility index (Phi) is 4.64. The van der Waals surface area contributed by atoms with Crippen molar-refractivity contribution in [1.29, 1.82) is 0 Å². The average molecular weight is 391 g/mol. The lowest BCUT2D eigenvalue weighted by Gasteiger charge is -2.09. The maximum Gasteiger partial charge on any atom is 0.349 e. The van der Waals surface area contributed by atoms with Crippen LogP contribution in [0.2, 0.25) is 0 Å². The number of nitrogens with zero attached hydrogens (tertiary/aromatic N) is 1. The number of esters is 1. The molecule has 112 valence electrons. The quantitative estimate of drug-likeness (QED) is 0.811. The zero-order valence-electron chi connectivity index (χ0n) is 11.1. The lowest BCUT2D eigenvalue weighted by molar-refractivity contribution is 0.0602. The Morgan fingerprint density at radius 2 is 2.19 bits per heavy atom. The van der Waals surface area contributed by atoms with E-state index in [9.17, 15) is 13.2 Å². The first kappa shape index (κ1) is 15.9. The van der Waals surface area contributed by atoms with Crippen molar-refractivity contribution in [2.45, 2.75) is 11.8 Å². The summed E-state index contributed by atoms with van der Waals surface area (Å²) in [5.74, 6) is -0.535. The molecule has 0 atom stereocenters. The highest BCUT2D eigenvalue weighted by atomic mass is 79.9. The van der Waals surface area contributed by atoms with Gasteiger partial charge in [-0.05, 0) is 45.9 Å². The first-order valence-electron chi connectivity index (χ1n) is 5.66. The van der Waals surface area contributed by atoms with Gasteiger partial charge in [-0.1, -0.05) is 0 Å². The number of nitrogens with one attached hydrogen (secondary N) is 1. The van der Waals surface area contributed by atoms with E-state index in [4.69, 9.17) is 0 Å². The number of carbonyl (C=O) groups excluding carboxylic acids is 1. The van der Waals surface area contributed by atoms with Gasteiger partial charge in [0.25, 0.3) is 10.0 Å². The van der Waals surface area contributed by atoms with Crippen LogP contribution in [0.15, 0.2) is 33.1 Å². The predicted octanol–water partition coefficient (Wildman–Crippen LogP) is 2.80. The summed E-state index contributed by atoms with van der Waals surface area (Å²) in [5.41, 5.74) is 0.472. The van der Waals surface area contributed by atoms with Crippen LogP contribution in [0.4, 0.5) is 5.82 Å². The highest BCUT2D eigenvalue weighted by molar-refractivity contribution is 9.10. The normalized spacial score (nSPS) is 11.2. The van der Waals surface area contributed by atoms with Crippen molar-refractivity contribution >= 4 is 49.1 Å². The van der Waals surface area contributed by atoms with Crippen molar-refractivity contribution in [1.82, 2.24) is 4.98 Å². The minimum atomic E-state index is -3.94. The Morgan fingerprint density at radius 3 is 2.81 bits per heavy atom. The lowest BCUT2D eigenvalue weighted by Crippen LogP contribution is -2.17. The first-order valence-corrected chi connectivity index (χ1v) is 8.82. The van der Waals surface area contributed by atoms with Gasteiger partial charge in [-0.2, -0.15) is 0 Å². The number of aromatic nitrogens is 1. The van der Waals surface area contributed by atoms with Crippen LogP contribution in [0.5, 0.6) is 0 Å². The molecule has 0 saturated heterocycles. The molecule has 0 unspecified atom stereocenters. The van der Waals surface area contributed by atoms with Crippen molar-refractivity contribution in [2.24, 2.45) is 0 Å². The summed E-state index contributed by atoms with van der Waals surface area (Å²) in [5, 5.41) is 1.59. The third-order valence-corrected chi connectivity index (χ3v) is 5.92. The van der Waals surface area contributed by atoms with Crippen LogP contribution in [0.1, 0.15) is 15.2 Å². The number of halogens is 1. The maximum absolute atomic E-state index is 12.5. The van der Waals surface area contributed by atoms with Gasteiger partial charge in [0, 0.05) is 6.20 Å². The molecule has 0 saturated carbocycles. The number of rotatable bonds is 4. The molecule has 2 aromatic rings. The Hall–Kier alpha value is -1.45. The van der Waals surface area contributed by atoms with Gasteiger partial charge >= 0.3 is 5.97 Å². The van der Waals surface area contributed by atoms with Crippen LogP contribution in [0.25, 0.3) is 0 Å². The van der Waals surface area contributed by atoms with Crippen LogP contribution in [0.3, 0.4) is 0 Å². The molecule has 2 heterocycles. The molecule has 2 aromatic heterocycles. The van der Waals surface area contributed by atoms with Gasteiger partial charge in [-0.25, -0.2) is 18.2 Å². The Labute approximate surface area is 134 Å². The summed E-state index contributed by atoms with van der Waals surface area (Å²) in [7, 11) is -2.74. The van der Waals surface area contributed by atoms with E-state index in [0.717, 1.165) is 11.3 Å². The number of hydrogen-bond acceptors (Lipinski definition) is 6. The fourth-order valence-electron chi connectivity index (χ4n) is 1.64. The molecular formula is C12H11BrN2O4S2. The third-order valence-electron chi connectivity index (χ3n) is 2.55. The number of ether oxygens (including phenoxy) is 1. The van der Waals surface area contributed by atoms with Crippen LogP contribution >= 0.6 is 27.3 Å². The summed E-state index contributed by atoms with van der Waals surface area (Å²) in [6, 6.07) is 3.32. The number of aryl methyl sites for hydroxylation is 1. The minimum Gasteiger partial charge on any atom is -0.465 e. The number of sulfonamides is 1. The number of thiophene rings is 1. The van der Waals surface area contributed by atoms with E-state index in [1.165, 1.54) is 13.3 Å². The van der Waals surface area contributed by atoms with Gasteiger partial charge < -0.3 is 4.74 Å². The number of methoxy groups -OCH3 is 1. The molecule has 0 aliphatic rings. The molecule has 21 heavy (non-hydrogen) atoms. The van der Waals surface area contributed by atoms with Gasteiger partial charge in [0.2, 0.25) is 0 Å². The molecule has 1 N–H and O–H groups in total. The third kappa shape index (κ3) is 3.25. The molecule has 0 aromatic carbocycles. The molecule has 0 bridgehead atoms. The zero-order chi connectivity index (χ0) is 15.6. The summed E-state index contributed by atoms with van der Waals surface area (Å²) in [4.78, 5) is 15.6. The van der Waals surface area contributed by atoms with Gasteiger partial charge in [-0.3, -0.25) is 4.72 Å². The average Bonchev–Trinajstić information content (AvgIpc) is 2.83. The number of pyridine rings is 1. The van der Waals surface area contributed by atoms with E-state index in [2.05, 4.69) is 30.4 Å². The number of anilines is 1. The summed E-state index contributed by atoms with van der Waals surface area (Å²) in [6.07, 6.45) is 1.46. The largest absolute Gasteiger partial charge is 0.465 e. The molecule has 9 heteroatoms. The van der Waals surface area contributed by atoms with Crippen LogP contribution < -0.4 is 4.72 Å². The second-order valence-electron chi connectivity index (χ2n) is 4.01. The zero-order valence-corrected chi connectivity index (χ0v) is 14.3. The first-order chi connectivity index (χ1) is 9.86. The summed E-state index contributed by atoms with van der Waals surface area (Å²) < 4.78 is 32.5. The van der Waals surface area contributed by atoms with Crippen molar-refractivity contribution < 1.29 is 17.9 Å². The highest BCUT2D eigenvalue weighted by Gasteiger charge is 2.28. The van der Waals surface area contributed by atoms with Gasteiger partial charge in [0.05, 0.1) is 11.6 Å². The second kappa shape index (κ2) is 6.12. The Balaban J connectivity index is 2.48. The van der Waals surface area contributed by atoms with Crippen molar-refractivity contribution in [3.05, 3.63) is 38.6 Å². The van der Waals surface area contributed by atoms with E-state index in [1.807, 2.05) is 0 Å². The second-order valence-corrected chi connectivity index (χ2v) is 7.36. The molecular weight excluding hydrogens is 380 g/mol. The topological polar surface area (TPSA) is 85.4 Å². The molecule has 2 rings (SSSR count). The van der Waals surface area contributed by atoms with Crippen LogP contribution in [-0.2, 0) is 14.8 Å². The standard InChI is InChI=1S/C12H11BrN2O4S2/c1-7-6-20-9(12(16)19-2)10(7)21(17,18)15-11-8(13)4-3-5-14-11/h3-6H,1-2H3,(H,14,15). The van der Waals surface area contributed by atoms with Crippen LogP contribution in [-0.4, -0.2) is 26.5 Å². The van der Waals surface area contributed by atoms with E-state index in [1.54, 1.807) is 24.4 Å². The predicted molar refractivity (Wildman–Crippen MR) is 83.1 cm³/mol. The van der Waals surface area contributed by atoms with Gasteiger partial charge in [0.15, 0.2) is 5.82 Å². The van der Waals surface area contributed by atoms with Crippen LogP contribution in [0, 0.1) is 6.92 Å². The Morgan fingerprint density at radius 1 is 1.48 bits per heavy atom. The smallest absolute Gasteiger partial charge is 0.349 e. The Bertz CT molecular complexity index is 786. The monoisotopic (exact) mass is 390 g/mol. The molecule has 0 aliphatic heterocycles. The van der Waals surface area contributed by atoms with E-state index < -0.39 is 16.0 Å². The van der Waals surface area contributed by atoms with Crippen molar-refractivity contribution in [2.75, 3.05) is 11.8 Å².